The lowest BCUT2D eigenvalue weighted by Gasteiger charge is -2.29. The van der Waals surface area contributed by atoms with Crippen LogP contribution in [0.5, 0.6) is 0 Å². The highest BCUT2D eigenvalue weighted by molar-refractivity contribution is 7.58. The van der Waals surface area contributed by atoms with Crippen LogP contribution >= 0.6 is 7.37 Å². The number of fused-ring (bicyclic) bond motifs is 1. The van der Waals surface area contributed by atoms with E-state index in [0.717, 1.165) is 16.5 Å². The fourth-order valence-corrected chi connectivity index (χ4v) is 8.58. The Labute approximate surface area is 348 Å². The summed E-state index contributed by atoms with van der Waals surface area (Å²) in [6, 6.07) is 11.4. The predicted molar refractivity (Wildman–Crippen MR) is 221 cm³/mol. The Hall–Kier alpha value is -5.74. The number of carbonyl (C=O) groups is 7. The number of hydrogen-bond donors (Lipinski definition) is 8. The minimum absolute atomic E-state index is 0.0140. The number of aromatic nitrogens is 1. The van der Waals surface area contributed by atoms with E-state index in [4.69, 9.17) is 10.5 Å². The van der Waals surface area contributed by atoms with Gasteiger partial charge in [0.15, 0.2) is 0 Å². The molecule has 1 saturated heterocycles. The van der Waals surface area contributed by atoms with Gasteiger partial charge in [-0.2, -0.15) is 0 Å². The lowest BCUT2D eigenvalue weighted by Crippen LogP contribution is -2.54. The normalized spacial score (nSPS) is 17.4. The molecule has 6 amide bonds. The third-order valence-corrected chi connectivity index (χ3v) is 12.6. The van der Waals surface area contributed by atoms with Crippen molar-refractivity contribution in [2.24, 2.45) is 17.6 Å². The maximum absolute atomic E-state index is 14.0. The van der Waals surface area contributed by atoms with E-state index >= 15 is 0 Å². The molecule has 1 aliphatic heterocycles. The lowest BCUT2D eigenvalue weighted by atomic mass is 9.96. The quantitative estimate of drug-likeness (QED) is 0.0722. The number of para-hydroxylation sites is 1. The number of amides is 6. The summed E-state index contributed by atoms with van der Waals surface area (Å²) in [7, 11) is -4.43. The third-order valence-electron chi connectivity index (χ3n) is 10.3. The van der Waals surface area contributed by atoms with Crippen LogP contribution in [0.2, 0.25) is 0 Å². The number of carboxylic acid groups (broad SMARTS) is 1. The molecule has 18 nitrogen and oxygen atoms in total. The standard InChI is InChI=1S/C41H56N7O11P/c1-24(2)19-29(36(50)47-33(38(52)44-25(3)40(54)55)20-28-21-43-31-14-9-8-13-30(28)31)23-60(57,58)26(4)45-37(51)32(16-17-35(42)49)46-39(53)34-15-10-18-48(34)41(56)59-22-27-11-6-5-7-12-27/h5-9,11-14,21,24-26,29,32-34,43H,10,15-20,22-23H2,1-4H3,(H2,42,49)(H,44,52)(H,45,51)(H,46,53)(H,47,50)(H,54,55)(H,57,58)/t25-,26?,29?,32-,33-,34-/m0/s1. The molecule has 0 radical (unpaired) electrons. The zero-order chi connectivity index (χ0) is 44.1. The van der Waals surface area contributed by atoms with Crippen molar-refractivity contribution < 1.29 is 52.9 Å². The molecule has 1 aromatic heterocycles. The minimum Gasteiger partial charge on any atom is -0.480 e. The van der Waals surface area contributed by atoms with Crippen LogP contribution in [0.3, 0.4) is 0 Å². The molecule has 2 aromatic carbocycles. The van der Waals surface area contributed by atoms with Crippen LogP contribution in [0.15, 0.2) is 60.8 Å². The molecule has 4 rings (SSSR count). The Balaban J connectivity index is 1.46. The number of aromatic amines is 1. The van der Waals surface area contributed by atoms with Crippen LogP contribution < -0.4 is 27.0 Å². The van der Waals surface area contributed by atoms with E-state index in [-0.39, 0.29) is 51.2 Å². The highest BCUT2D eigenvalue weighted by Gasteiger charge is 2.40. The van der Waals surface area contributed by atoms with Crippen LogP contribution in [-0.2, 0) is 51.1 Å². The Bertz CT molecular complexity index is 2060. The zero-order valence-corrected chi connectivity index (χ0v) is 35.1. The molecule has 1 fully saturated rings. The van der Waals surface area contributed by atoms with Gasteiger partial charge in [0, 0.05) is 48.6 Å². The van der Waals surface area contributed by atoms with Gasteiger partial charge in [0.2, 0.25) is 36.9 Å². The van der Waals surface area contributed by atoms with Crippen molar-refractivity contribution in [3.8, 4) is 0 Å². The summed E-state index contributed by atoms with van der Waals surface area (Å²) in [4.78, 5) is 107. The Kier molecular flexibility index (Phi) is 16.8. The fourth-order valence-electron chi connectivity index (χ4n) is 6.99. The van der Waals surface area contributed by atoms with Crippen LogP contribution in [0.25, 0.3) is 10.9 Å². The molecule has 19 heteroatoms. The maximum Gasteiger partial charge on any atom is 0.410 e. The minimum atomic E-state index is -4.43. The number of nitrogens with zero attached hydrogens (tertiary/aromatic N) is 1. The number of H-pyrrole nitrogens is 1. The zero-order valence-electron chi connectivity index (χ0n) is 34.2. The number of likely N-dealkylation sites (tertiary alicyclic amines) is 1. The van der Waals surface area contributed by atoms with Crippen LogP contribution in [-0.4, -0.2) is 104 Å². The highest BCUT2D eigenvalue weighted by atomic mass is 31.2. The van der Waals surface area contributed by atoms with Crippen molar-refractivity contribution in [2.75, 3.05) is 12.7 Å². The number of nitrogens with two attached hydrogens (primary N) is 1. The van der Waals surface area contributed by atoms with E-state index in [1.165, 1.54) is 18.7 Å². The van der Waals surface area contributed by atoms with Crippen molar-refractivity contribution in [3.05, 3.63) is 71.9 Å². The molecule has 326 valence electrons. The van der Waals surface area contributed by atoms with Crippen molar-refractivity contribution >= 4 is 59.9 Å². The summed E-state index contributed by atoms with van der Waals surface area (Å²) in [5.74, 6) is -7.85. The summed E-state index contributed by atoms with van der Waals surface area (Å²) in [6.07, 6.45) is 0.647. The Morgan fingerprint density at radius 2 is 1.57 bits per heavy atom. The number of carbonyl (C=O) groups excluding carboxylic acids is 6. The molecule has 9 N–H and O–H groups in total. The topological polar surface area (TPSA) is 279 Å². The van der Waals surface area contributed by atoms with Gasteiger partial charge in [-0.25, -0.2) is 4.79 Å². The monoisotopic (exact) mass is 853 g/mol. The molecule has 0 spiro atoms. The van der Waals surface area contributed by atoms with Gasteiger partial charge in [0.1, 0.15) is 36.6 Å². The second kappa shape index (κ2) is 21.5. The second-order valence-corrected chi connectivity index (χ2v) is 18.3. The van der Waals surface area contributed by atoms with E-state index in [0.29, 0.717) is 12.0 Å². The van der Waals surface area contributed by atoms with Gasteiger partial charge in [-0.05, 0) is 62.6 Å². The first-order chi connectivity index (χ1) is 28.4. The molecule has 60 heavy (non-hydrogen) atoms. The molecular weight excluding hydrogens is 797 g/mol. The molecule has 0 bridgehead atoms. The summed E-state index contributed by atoms with van der Waals surface area (Å²) in [5, 5.41) is 20.3. The number of nitrogens with one attached hydrogen (secondary N) is 5. The summed E-state index contributed by atoms with van der Waals surface area (Å²) >= 11 is 0. The van der Waals surface area contributed by atoms with E-state index in [9.17, 15) is 48.1 Å². The van der Waals surface area contributed by atoms with Gasteiger partial charge in [0.25, 0.3) is 0 Å². The number of ether oxygens (including phenoxy) is 1. The first kappa shape index (κ1) is 46.9. The maximum atomic E-state index is 14.0. The SMILES string of the molecule is CC(C)CC(CP(=O)(O)C(C)NC(=O)[C@H](CCC(N)=O)NC(=O)[C@@H]1CCCN1C(=O)OCc1ccccc1)C(=O)N[C@@H](Cc1c[nH]c2ccccc12)C(=O)N[C@@H](C)C(=O)O. The van der Waals surface area contributed by atoms with Crippen molar-refractivity contribution in [3.63, 3.8) is 0 Å². The molecule has 1 aliphatic rings. The van der Waals surface area contributed by atoms with E-state index in [2.05, 4.69) is 26.3 Å². The summed E-state index contributed by atoms with van der Waals surface area (Å²) < 4.78 is 19.4. The number of aliphatic carboxylic acids is 1. The molecule has 0 saturated carbocycles. The number of primary amides is 1. The van der Waals surface area contributed by atoms with Crippen molar-refractivity contribution in [1.82, 2.24) is 31.2 Å². The van der Waals surface area contributed by atoms with E-state index in [1.807, 2.05) is 24.3 Å². The predicted octanol–water partition coefficient (Wildman–Crippen LogP) is 2.73. The van der Waals surface area contributed by atoms with Gasteiger partial charge in [-0.3, -0.25) is 38.2 Å². The van der Waals surface area contributed by atoms with Crippen molar-refractivity contribution in [1.29, 1.82) is 0 Å². The van der Waals surface area contributed by atoms with Crippen LogP contribution in [0.1, 0.15) is 70.9 Å². The van der Waals surface area contributed by atoms with Gasteiger partial charge in [-0.1, -0.05) is 62.4 Å². The van der Waals surface area contributed by atoms with Gasteiger partial charge >= 0.3 is 12.1 Å². The molecule has 3 unspecified atom stereocenters. The van der Waals surface area contributed by atoms with E-state index in [1.54, 1.807) is 50.4 Å². The largest absolute Gasteiger partial charge is 0.480 e. The third kappa shape index (κ3) is 13.4. The number of benzene rings is 2. The van der Waals surface area contributed by atoms with Crippen LogP contribution in [0, 0.1) is 11.8 Å². The first-order valence-electron chi connectivity index (χ1n) is 19.9. The molecule has 7 atom stereocenters. The van der Waals surface area contributed by atoms with Gasteiger partial charge in [-0.15, -0.1) is 0 Å². The Morgan fingerprint density at radius 3 is 2.23 bits per heavy atom. The molecule has 0 aliphatic carbocycles. The molecule has 2 heterocycles. The van der Waals surface area contributed by atoms with E-state index < -0.39 is 91.0 Å². The van der Waals surface area contributed by atoms with Crippen LogP contribution in [0.4, 0.5) is 4.79 Å². The highest BCUT2D eigenvalue weighted by Crippen LogP contribution is 2.47. The lowest BCUT2D eigenvalue weighted by molar-refractivity contribution is -0.141. The van der Waals surface area contributed by atoms with Gasteiger partial charge < -0.3 is 46.7 Å². The fraction of sp³-hybridized carbons (Fsp3) is 0.488. The number of rotatable bonds is 21. The number of carboxylic acids is 1. The average Bonchev–Trinajstić information content (AvgIpc) is 3.86. The second-order valence-electron chi connectivity index (χ2n) is 15.6. The van der Waals surface area contributed by atoms with Crippen molar-refractivity contribution in [2.45, 2.75) is 103 Å². The molecule has 3 aromatic rings. The smallest absolute Gasteiger partial charge is 0.410 e. The summed E-state index contributed by atoms with van der Waals surface area (Å²) in [6.45, 7) is 6.38. The first-order valence-corrected chi connectivity index (χ1v) is 21.8. The number of hydrogen-bond acceptors (Lipinski definition) is 9. The summed E-state index contributed by atoms with van der Waals surface area (Å²) in [5.41, 5.74) is 7.55. The average molecular weight is 854 g/mol. The Morgan fingerprint density at radius 1 is 0.900 bits per heavy atom. The molecular formula is C41H56N7O11P. The van der Waals surface area contributed by atoms with Gasteiger partial charge in [0.05, 0.1) is 0 Å².